The third kappa shape index (κ3) is 3.82. The van der Waals surface area contributed by atoms with Crippen LogP contribution in [0.1, 0.15) is 22.8 Å². The number of benzene rings is 2. The summed E-state index contributed by atoms with van der Waals surface area (Å²) < 4.78 is 6.58. The molecule has 0 saturated heterocycles. The summed E-state index contributed by atoms with van der Waals surface area (Å²) in [6.07, 6.45) is 0. The van der Waals surface area contributed by atoms with Crippen LogP contribution in [0.25, 0.3) is 0 Å². The van der Waals surface area contributed by atoms with E-state index in [9.17, 15) is 4.79 Å². The minimum absolute atomic E-state index is 0.0205. The minimum Gasteiger partial charge on any atom is -0.489 e. The molecule has 0 radical (unpaired) electrons. The molecule has 0 heterocycles. The zero-order valence-electron chi connectivity index (χ0n) is 10.3. The van der Waals surface area contributed by atoms with Gasteiger partial charge in [0.15, 0.2) is 5.78 Å². The van der Waals surface area contributed by atoms with Crippen molar-refractivity contribution in [2.45, 2.75) is 13.5 Å². The average Bonchev–Trinajstić information content (AvgIpc) is 2.38. The predicted molar refractivity (Wildman–Crippen MR) is 79.9 cm³/mol. The van der Waals surface area contributed by atoms with Crippen LogP contribution in [-0.2, 0) is 6.61 Å². The molecule has 0 aliphatic rings. The fourth-order valence-corrected chi connectivity index (χ4v) is 2.33. The molecule has 0 unspecified atom stereocenters. The molecule has 4 heteroatoms. The van der Waals surface area contributed by atoms with Gasteiger partial charge >= 0.3 is 0 Å². The van der Waals surface area contributed by atoms with Crippen molar-refractivity contribution in [2.75, 3.05) is 0 Å². The van der Waals surface area contributed by atoms with E-state index >= 15 is 0 Å². The van der Waals surface area contributed by atoms with Gasteiger partial charge in [-0.15, -0.1) is 0 Å². The maximum atomic E-state index is 11.3. The van der Waals surface area contributed by atoms with Gasteiger partial charge in [-0.25, -0.2) is 0 Å². The predicted octanol–water partition coefficient (Wildman–Crippen LogP) is 4.88. The van der Waals surface area contributed by atoms with E-state index in [1.807, 2.05) is 24.3 Å². The number of ether oxygens (including phenoxy) is 1. The molecular formula is C15H12BrClO2. The van der Waals surface area contributed by atoms with Crippen LogP contribution in [0, 0.1) is 0 Å². The summed E-state index contributed by atoms with van der Waals surface area (Å²) in [5.74, 6) is 0.679. The topological polar surface area (TPSA) is 26.3 Å². The van der Waals surface area contributed by atoms with Gasteiger partial charge in [-0.1, -0.05) is 45.7 Å². The van der Waals surface area contributed by atoms with E-state index in [2.05, 4.69) is 15.9 Å². The van der Waals surface area contributed by atoms with Gasteiger partial charge in [0.25, 0.3) is 0 Å². The lowest BCUT2D eigenvalue weighted by atomic mass is 10.1. The van der Waals surface area contributed by atoms with Crippen LogP contribution in [0.3, 0.4) is 0 Å². The van der Waals surface area contributed by atoms with Crippen LogP contribution in [-0.4, -0.2) is 5.78 Å². The number of ketones is 1. The number of hydrogen-bond donors (Lipinski definition) is 0. The first-order valence-electron chi connectivity index (χ1n) is 5.74. The third-order valence-electron chi connectivity index (χ3n) is 2.65. The normalized spacial score (nSPS) is 10.3. The molecule has 0 spiro atoms. The van der Waals surface area contributed by atoms with Crippen molar-refractivity contribution in [1.29, 1.82) is 0 Å². The summed E-state index contributed by atoms with van der Waals surface area (Å²) in [6, 6.07) is 12.8. The van der Waals surface area contributed by atoms with Crippen LogP contribution in [0.4, 0.5) is 0 Å². The standard InChI is InChI=1S/C15H12BrClO2/c1-10(18)11-3-2-4-14(7-11)19-9-12-5-6-13(16)8-15(12)17/h2-8H,9H2,1H3. The summed E-state index contributed by atoms with van der Waals surface area (Å²) in [5.41, 5.74) is 1.54. The van der Waals surface area contributed by atoms with Gasteiger partial charge in [-0.3, -0.25) is 4.79 Å². The quantitative estimate of drug-likeness (QED) is 0.742. The number of rotatable bonds is 4. The lowest BCUT2D eigenvalue weighted by molar-refractivity contribution is 0.101. The second-order valence-corrected chi connectivity index (χ2v) is 5.43. The lowest BCUT2D eigenvalue weighted by Gasteiger charge is -2.09. The Bertz CT molecular complexity index is 611. The Morgan fingerprint density at radius 2 is 2.05 bits per heavy atom. The van der Waals surface area contributed by atoms with Crippen LogP contribution in [0.5, 0.6) is 5.75 Å². The van der Waals surface area contributed by atoms with Gasteiger partial charge in [0, 0.05) is 20.6 Å². The Balaban J connectivity index is 2.10. The van der Waals surface area contributed by atoms with Crippen molar-refractivity contribution in [1.82, 2.24) is 0 Å². The number of carbonyl (C=O) groups excluding carboxylic acids is 1. The number of carbonyl (C=O) groups is 1. The van der Waals surface area contributed by atoms with Crippen LogP contribution in [0.15, 0.2) is 46.9 Å². The molecule has 2 rings (SSSR count). The van der Waals surface area contributed by atoms with Gasteiger partial charge in [-0.05, 0) is 31.2 Å². The first kappa shape index (κ1) is 14.1. The lowest BCUT2D eigenvalue weighted by Crippen LogP contribution is -1.98. The Morgan fingerprint density at radius 3 is 2.74 bits per heavy atom. The first-order chi connectivity index (χ1) is 9.06. The summed E-state index contributed by atoms with van der Waals surface area (Å²) in [6.45, 7) is 1.90. The van der Waals surface area contributed by atoms with E-state index in [-0.39, 0.29) is 5.78 Å². The number of halogens is 2. The minimum atomic E-state index is 0.0205. The van der Waals surface area contributed by atoms with E-state index in [1.54, 1.807) is 18.2 Å². The van der Waals surface area contributed by atoms with Gasteiger partial charge in [0.2, 0.25) is 0 Å². The average molecular weight is 340 g/mol. The number of Topliss-reactive ketones (excluding diaryl/α,β-unsaturated/α-hetero) is 1. The van der Waals surface area contributed by atoms with Crippen LogP contribution < -0.4 is 4.74 Å². The van der Waals surface area contributed by atoms with E-state index in [1.165, 1.54) is 6.92 Å². The molecule has 0 amide bonds. The smallest absolute Gasteiger partial charge is 0.159 e. The number of hydrogen-bond acceptors (Lipinski definition) is 2. The Kier molecular flexibility index (Phi) is 4.61. The second kappa shape index (κ2) is 6.22. The summed E-state index contributed by atoms with van der Waals surface area (Å²) in [7, 11) is 0. The summed E-state index contributed by atoms with van der Waals surface area (Å²) >= 11 is 9.47. The molecule has 0 bridgehead atoms. The molecule has 2 aromatic carbocycles. The SMILES string of the molecule is CC(=O)c1cccc(OCc2ccc(Br)cc2Cl)c1. The zero-order chi connectivity index (χ0) is 13.8. The third-order valence-corrected chi connectivity index (χ3v) is 3.50. The molecule has 2 nitrogen and oxygen atoms in total. The first-order valence-corrected chi connectivity index (χ1v) is 6.91. The molecule has 0 aliphatic carbocycles. The fraction of sp³-hybridized carbons (Fsp3) is 0.133. The van der Waals surface area contributed by atoms with E-state index < -0.39 is 0 Å². The molecule has 0 fully saturated rings. The van der Waals surface area contributed by atoms with Gasteiger partial charge < -0.3 is 4.74 Å². The summed E-state index contributed by atoms with van der Waals surface area (Å²) in [4.78, 5) is 11.3. The van der Waals surface area contributed by atoms with Crippen molar-refractivity contribution in [2.24, 2.45) is 0 Å². The van der Waals surface area contributed by atoms with Crippen molar-refractivity contribution in [3.8, 4) is 5.75 Å². The molecule has 19 heavy (non-hydrogen) atoms. The fourth-order valence-electron chi connectivity index (χ4n) is 1.60. The zero-order valence-corrected chi connectivity index (χ0v) is 12.7. The van der Waals surface area contributed by atoms with Gasteiger partial charge in [-0.2, -0.15) is 0 Å². The molecule has 0 aliphatic heterocycles. The summed E-state index contributed by atoms with van der Waals surface area (Å²) in [5, 5.41) is 0.650. The van der Waals surface area contributed by atoms with Gasteiger partial charge in [0.05, 0.1) is 0 Å². The van der Waals surface area contributed by atoms with Crippen LogP contribution >= 0.6 is 27.5 Å². The maximum Gasteiger partial charge on any atom is 0.159 e. The molecule has 2 aromatic rings. The van der Waals surface area contributed by atoms with Crippen molar-refractivity contribution >= 4 is 33.3 Å². The van der Waals surface area contributed by atoms with E-state index in [0.29, 0.717) is 22.9 Å². The molecule has 0 aromatic heterocycles. The second-order valence-electron chi connectivity index (χ2n) is 4.11. The van der Waals surface area contributed by atoms with Crippen molar-refractivity contribution in [3.05, 3.63) is 63.1 Å². The van der Waals surface area contributed by atoms with E-state index in [0.717, 1.165) is 10.0 Å². The highest BCUT2D eigenvalue weighted by atomic mass is 79.9. The Labute approximate surface area is 125 Å². The van der Waals surface area contributed by atoms with Crippen LogP contribution in [0.2, 0.25) is 5.02 Å². The molecule has 0 N–H and O–H groups in total. The monoisotopic (exact) mass is 338 g/mol. The highest BCUT2D eigenvalue weighted by Gasteiger charge is 2.04. The molecule has 98 valence electrons. The van der Waals surface area contributed by atoms with Crippen molar-refractivity contribution in [3.63, 3.8) is 0 Å². The highest BCUT2D eigenvalue weighted by Crippen LogP contribution is 2.23. The van der Waals surface area contributed by atoms with E-state index in [4.69, 9.17) is 16.3 Å². The molecular weight excluding hydrogens is 328 g/mol. The largest absolute Gasteiger partial charge is 0.489 e. The Hall–Kier alpha value is -1.32. The maximum absolute atomic E-state index is 11.3. The molecule has 0 atom stereocenters. The highest BCUT2D eigenvalue weighted by molar-refractivity contribution is 9.10. The van der Waals surface area contributed by atoms with Crippen molar-refractivity contribution < 1.29 is 9.53 Å². The Morgan fingerprint density at radius 1 is 1.26 bits per heavy atom. The van der Waals surface area contributed by atoms with Gasteiger partial charge in [0.1, 0.15) is 12.4 Å². The molecule has 0 saturated carbocycles.